The van der Waals surface area contributed by atoms with E-state index in [0.29, 0.717) is 13.0 Å². The molecule has 0 aromatic carbocycles. The number of rotatable bonds is 4. The Kier molecular flexibility index (Phi) is 4.73. The summed E-state index contributed by atoms with van der Waals surface area (Å²) in [5, 5.41) is 8.78. The molecule has 3 rings (SSSR count). The molecule has 2 aliphatic rings. The van der Waals surface area contributed by atoms with Crippen LogP contribution >= 0.6 is 0 Å². The van der Waals surface area contributed by atoms with Gasteiger partial charge in [0.15, 0.2) is 5.82 Å². The van der Waals surface area contributed by atoms with Crippen LogP contribution < -0.4 is 0 Å². The molecular formula is C15H25N5O2. The highest BCUT2D eigenvalue weighted by Crippen LogP contribution is 2.31. The van der Waals surface area contributed by atoms with E-state index in [1.165, 1.54) is 0 Å². The van der Waals surface area contributed by atoms with Crippen LogP contribution in [0.4, 0.5) is 0 Å². The van der Waals surface area contributed by atoms with Crippen molar-refractivity contribution in [3.05, 3.63) is 11.6 Å². The first kappa shape index (κ1) is 15.4. The molecule has 22 heavy (non-hydrogen) atoms. The summed E-state index contributed by atoms with van der Waals surface area (Å²) in [4.78, 5) is 16.7. The summed E-state index contributed by atoms with van der Waals surface area (Å²) in [5.74, 6) is 2.14. The Hall–Kier alpha value is -1.47. The third kappa shape index (κ3) is 3.01. The number of likely N-dealkylation sites (N-methyl/N-ethyl adjacent to an activating group) is 1. The number of ether oxygens (including phenoxy) is 1. The highest BCUT2D eigenvalue weighted by molar-refractivity contribution is 5.76. The summed E-state index contributed by atoms with van der Waals surface area (Å²) in [5.41, 5.74) is 0. The van der Waals surface area contributed by atoms with Crippen LogP contribution in [0.15, 0.2) is 0 Å². The third-order valence-corrected chi connectivity index (χ3v) is 4.61. The summed E-state index contributed by atoms with van der Waals surface area (Å²) < 4.78 is 7.26. The molecule has 0 N–H and O–H groups in total. The Bertz CT molecular complexity index is 530. The molecule has 7 nitrogen and oxygen atoms in total. The van der Waals surface area contributed by atoms with Crippen molar-refractivity contribution >= 4 is 5.91 Å². The van der Waals surface area contributed by atoms with Gasteiger partial charge in [0.25, 0.3) is 0 Å². The molecule has 0 aliphatic carbocycles. The van der Waals surface area contributed by atoms with E-state index in [2.05, 4.69) is 26.7 Å². The molecular weight excluding hydrogens is 282 g/mol. The number of nitrogens with zero attached hydrogens (tertiary/aromatic N) is 5. The first-order chi connectivity index (χ1) is 10.7. The van der Waals surface area contributed by atoms with E-state index < -0.39 is 0 Å². The molecule has 0 spiro atoms. The van der Waals surface area contributed by atoms with Crippen LogP contribution in [0.1, 0.15) is 43.4 Å². The van der Waals surface area contributed by atoms with Crippen molar-refractivity contribution in [1.29, 1.82) is 0 Å². The van der Waals surface area contributed by atoms with Crippen molar-refractivity contribution in [2.75, 3.05) is 33.9 Å². The SMILES string of the molecule is COCCC(=O)N1CCCC[C@H]1c1nnc2n1CCN(C)C2. The van der Waals surface area contributed by atoms with Gasteiger partial charge in [0.2, 0.25) is 5.91 Å². The largest absolute Gasteiger partial charge is 0.384 e. The van der Waals surface area contributed by atoms with E-state index in [1.54, 1.807) is 7.11 Å². The summed E-state index contributed by atoms with van der Waals surface area (Å²) in [6.45, 7) is 4.03. The van der Waals surface area contributed by atoms with Gasteiger partial charge in [-0.2, -0.15) is 0 Å². The number of fused-ring (bicyclic) bond motifs is 1. The summed E-state index contributed by atoms with van der Waals surface area (Å²) >= 11 is 0. The summed E-state index contributed by atoms with van der Waals surface area (Å²) in [6.07, 6.45) is 3.63. The molecule has 2 aliphatic heterocycles. The molecule has 1 atom stereocenters. The molecule has 1 amide bonds. The van der Waals surface area contributed by atoms with Gasteiger partial charge >= 0.3 is 0 Å². The Morgan fingerprint density at radius 3 is 2.95 bits per heavy atom. The number of hydrogen-bond acceptors (Lipinski definition) is 5. The number of methoxy groups -OCH3 is 1. The van der Waals surface area contributed by atoms with E-state index >= 15 is 0 Å². The van der Waals surface area contributed by atoms with E-state index in [-0.39, 0.29) is 11.9 Å². The highest BCUT2D eigenvalue weighted by atomic mass is 16.5. The fraction of sp³-hybridized carbons (Fsp3) is 0.800. The van der Waals surface area contributed by atoms with Crippen LogP contribution in [0.25, 0.3) is 0 Å². The van der Waals surface area contributed by atoms with Crippen LogP contribution in [-0.2, 0) is 22.6 Å². The zero-order valence-electron chi connectivity index (χ0n) is 13.5. The Labute approximate surface area is 131 Å². The molecule has 0 unspecified atom stereocenters. The summed E-state index contributed by atoms with van der Waals surface area (Å²) in [6, 6.07) is 0.0720. The van der Waals surface area contributed by atoms with Crippen molar-refractivity contribution in [3.8, 4) is 0 Å². The predicted molar refractivity (Wildman–Crippen MR) is 81.2 cm³/mol. The number of carbonyl (C=O) groups excluding carboxylic acids is 1. The predicted octanol–water partition coefficient (Wildman–Crippen LogP) is 0.814. The lowest BCUT2D eigenvalue weighted by molar-refractivity contribution is -0.136. The second-order valence-corrected chi connectivity index (χ2v) is 6.21. The van der Waals surface area contributed by atoms with Crippen LogP contribution in [0.2, 0.25) is 0 Å². The lowest BCUT2D eigenvalue weighted by Crippen LogP contribution is -2.41. The lowest BCUT2D eigenvalue weighted by Gasteiger charge is -2.36. The summed E-state index contributed by atoms with van der Waals surface area (Å²) in [7, 11) is 3.73. The van der Waals surface area contributed by atoms with Crippen molar-refractivity contribution in [1.82, 2.24) is 24.6 Å². The zero-order chi connectivity index (χ0) is 15.5. The van der Waals surface area contributed by atoms with E-state index in [9.17, 15) is 4.79 Å². The molecule has 0 radical (unpaired) electrons. The molecule has 3 heterocycles. The van der Waals surface area contributed by atoms with Crippen molar-refractivity contribution in [2.45, 2.75) is 44.8 Å². The van der Waals surface area contributed by atoms with Gasteiger partial charge in [-0.05, 0) is 26.3 Å². The molecule has 122 valence electrons. The van der Waals surface area contributed by atoms with Crippen LogP contribution in [0, 0.1) is 0 Å². The molecule has 0 bridgehead atoms. The van der Waals surface area contributed by atoms with Gasteiger partial charge in [-0.3, -0.25) is 9.69 Å². The van der Waals surface area contributed by atoms with Gasteiger partial charge in [0, 0.05) is 26.7 Å². The first-order valence-corrected chi connectivity index (χ1v) is 8.09. The number of carbonyl (C=O) groups is 1. The fourth-order valence-corrected chi connectivity index (χ4v) is 3.38. The van der Waals surface area contributed by atoms with Gasteiger partial charge in [-0.1, -0.05) is 0 Å². The van der Waals surface area contributed by atoms with Crippen molar-refractivity contribution in [2.24, 2.45) is 0 Å². The monoisotopic (exact) mass is 307 g/mol. The highest BCUT2D eigenvalue weighted by Gasteiger charge is 2.33. The van der Waals surface area contributed by atoms with Crippen molar-refractivity contribution in [3.63, 3.8) is 0 Å². The fourth-order valence-electron chi connectivity index (χ4n) is 3.38. The van der Waals surface area contributed by atoms with E-state index in [1.807, 2.05) is 4.90 Å². The molecule has 1 aromatic heterocycles. The smallest absolute Gasteiger partial charge is 0.225 e. The molecule has 7 heteroatoms. The molecule has 1 fully saturated rings. The van der Waals surface area contributed by atoms with E-state index in [4.69, 9.17) is 4.74 Å². The van der Waals surface area contributed by atoms with Crippen LogP contribution in [0.3, 0.4) is 0 Å². The minimum absolute atomic E-state index is 0.0720. The third-order valence-electron chi connectivity index (χ3n) is 4.61. The number of hydrogen-bond donors (Lipinski definition) is 0. The normalized spacial score (nSPS) is 22.6. The van der Waals surface area contributed by atoms with Gasteiger partial charge in [0.05, 0.1) is 25.6 Å². The van der Waals surface area contributed by atoms with E-state index in [0.717, 1.165) is 57.1 Å². The number of likely N-dealkylation sites (tertiary alicyclic amines) is 1. The number of piperidine rings is 1. The molecule has 1 saturated heterocycles. The first-order valence-electron chi connectivity index (χ1n) is 8.09. The molecule has 1 aromatic rings. The van der Waals surface area contributed by atoms with Gasteiger partial charge in [-0.15, -0.1) is 10.2 Å². The average Bonchev–Trinajstić information content (AvgIpc) is 2.95. The zero-order valence-corrected chi connectivity index (χ0v) is 13.5. The van der Waals surface area contributed by atoms with Crippen LogP contribution in [0.5, 0.6) is 0 Å². The number of aromatic nitrogens is 3. The lowest BCUT2D eigenvalue weighted by atomic mass is 10.0. The minimum atomic E-state index is 0.0720. The maximum absolute atomic E-state index is 12.5. The van der Waals surface area contributed by atoms with Crippen molar-refractivity contribution < 1.29 is 9.53 Å². The van der Waals surface area contributed by atoms with Gasteiger partial charge in [-0.25, -0.2) is 0 Å². The number of amides is 1. The average molecular weight is 307 g/mol. The van der Waals surface area contributed by atoms with Crippen LogP contribution in [-0.4, -0.2) is 64.3 Å². The Balaban J connectivity index is 1.80. The second-order valence-electron chi connectivity index (χ2n) is 6.21. The maximum Gasteiger partial charge on any atom is 0.225 e. The Morgan fingerprint density at radius 1 is 1.27 bits per heavy atom. The second kappa shape index (κ2) is 6.75. The molecule has 0 saturated carbocycles. The minimum Gasteiger partial charge on any atom is -0.384 e. The Morgan fingerprint density at radius 2 is 2.14 bits per heavy atom. The van der Waals surface area contributed by atoms with Gasteiger partial charge < -0.3 is 14.2 Å². The van der Waals surface area contributed by atoms with Gasteiger partial charge in [0.1, 0.15) is 5.82 Å². The maximum atomic E-state index is 12.5. The standard InChI is InChI=1S/C15H25N5O2/c1-18-8-9-20-13(11-18)16-17-15(20)12-5-3-4-7-19(12)14(21)6-10-22-2/h12H,3-11H2,1-2H3/t12-/m0/s1. The topological polar surface area (TPSA) is 63.5 Å². The quantitative estimate of drug-likeness (QED) is 0.824.